The standard InChI is InChI=1S/C18H19Cl3N2O/c1-13-8-6-7-11-15(13)16(24)22-17(18(19,20)21)23(2)12-14-9-4-3-5-10-14/h3-11,17H,12H2,1-2H3,(H,22,24)/p+1/t17-/m0/s1. The highest BCUT2D eigenvalue weighted by molar-refractivity contribution is 6.68. The summed E-state index contributed by atoms with van der Waals surface area (Å²) in [6.07, 6.45) is -0.685. The quantitative estimate of drug-likeness (QED) is 0.601. The number of rotatable bonds is 5. The van der Waals surface area contributed by atoms with Crippen LogP contribution in [0.15, 0.2) is 54.6 Å². The molecule has 24 heavy (non-hydrogen) atoms. The fourth-order valence-electron chi connectivity index (χ4n) is 2.54. The first-order valence-corrected chi connectivity index (χ1v) is 8.72. The van der Waals surface area contributed by atoms with Crippen LogP contribution in [0.25, 0.3) is 0 Å². The first kappa shape index (κ1) is 19.1. The Labute approximate surface area is 157 Å². The largest absolute Gasteiger partial charge is 0.310 e. The minimum Gasteiger partial charge on any atom is -0.310 e. The summed E-state index contributed by atoms with van der Waals surface area (Å²) in [5, 5.41) is 2.86. The minimum absolute atomic E-state index is 0.253. The minimum atomic E-state index is -1.63. The predicted molar refractivity (Wildman–Crippen MR) is 99.8 cm³/mol. The molecule has 0 spiro atoms. The summed E-state index contributed by atoms with van der Waals surface area (Å²) in [7, 11) is 1.89. The molecule has 3 nitrogen and oxygen atoms in total. The SMILES string of the molecule is Cc1ccccc1C(=O)N[C@@H]([NH+](C)Cc1ccccc1)C(Cl)(Cl)Cl. The van der Waals surface area contributed by atoms with Gasteiger partial charge < -0.3 is 4.90 Å². The molecule has 1 unspecified atom stereocenters. The average Bonchev–Trinajstić information content (AvgIpc) is 2.52. The number of benzene rings is 2. The number of carbonyl (C=O) groups is 1. The van der Waals surface area contributed by atoms with Crippen LogP contribution >= 0.6 is 34.8 Å². The van der Waals surface area contributed by atoms with Crippen molar-refractivity contribution in [2.24, 2.45) is 0 Å². The molecule has 128 valence electrons. The first-order chi connectivity index (χ1) is 11.3. The maximum absolute atomic E-state index is 12.6. The van der Waals surface area contributed by atoms with Crippen LogP contribution in [0.3, 0.4) is 0 Å². The van der Waals surface area contributed by atoms with Crippen molar-refractivity contribution in [1.29, 1.82) is 0 Å². The molecule has 0 aliphatic carbocycles. The Morgan fingerprint density at radius 2 is 1.67 bits per heavy atom. The summed E-state index contributed by atoms with van der Waals surface area (Å²) in [6, 6.07) is 17.2. The molecule has 0 aliphatic rings. The van der Waals surface area contributed by atoms with Crippen molar-refractivity contribution in [3.8, 4) is 0 Å². The third kappa shape index (κ3) is 5.12. The van der Waals surface area contributed by atoms with E-state index in [4.69, 9.17) is 34.8 Å². The lowest BCUT2D eigenvalue weighted by molar-refractivity contribution is -0.921. The van der Waals surface area contributed by atoms with E-state index in [1.165, 1.54) is 0 Å². The zero-order valence-corrected chi connectivity index (χ0v) is 15.8. The molecule has 0 radical (unpaired) electrons. The Kier molecular flexibility index (Phi) is 6.53. The van der Waals surface area contributed by atoms with E-state index in [9.17, 15) is 4.79 Å². The van der Waals surface area contributed by atoms with Gasteiger partial charge in [0.2, 0.25) is 6.17 Å². The predicted octanol–water partition coefficient (Wildman–Crippen LogP) is 3.14. The zero-order valence-electron chi connectivity index (χ0n) is 13.5. The van der Waals surface area contributed by atoms with Gasteiger partial charge in [-0.25, -0.2) is 0 Å². The van der Waals surface area contributed by atoms with Crippen molar-refractivity contribution in [2.45, 2.75) is 23.4 Å². The third-order valence-electron chi connectivity index (χ3n) is 3.81. The molecular formula is C18H20Cl3N2O+. The second kappa shape index (κ2) is 8.21. The Morgan fingerprint density at radius 3 is 2.25 bits per heavy atom. The van der Waals surface area contributed by atoms with Gasteiger partial charge in [-0.1, -0.05) is 83.3 Å². The molecule has 6 heteroatoms. The monoisotopic (exact) mass is 385 g/mol. The Hall–Kier alpha value is -1.26. The number of hydrogen-bond donors (Lipinski definition) is 2. The summed E-state index contributed by atoms with van der Waals surface area (Å²) in [5.41, 5.74) is 2.54. The molecule has 0 heterocycles. The molecular weight excluding hydrogens is 367 g/mol. The Balaban J connectivity index is 2.17. The van der Waals surface area contributed by atoms with E-state index in [-0.39, 0.29) is 5.91 Å². The Bertz CT molecular complexity index is 686. The lowest BCUT2D eigenvalue weighted by Gasteiger charge is -2.30. The molecule has 0 saturated heterocycles. The summed E-state index contributed by atoms with van der Waals surface area (Å²) in [4.78, 5) is 13.5. The van der Waals surface area contributed by atoms with Crippen LogP contribution in [0.5, 0.6) is 0 Å². The summed E-state index contributed by atoms with van der Waals surface area (Å²) >= 11 is 18.4. The second-order valence-corrected chi connectivity index (χ2v) is 8.14. The van der Waals surface area contributed by atoms with Gasteiger partial charge in [-0.2, -0.15) is 0 Å². The number of aryl methyl sites for hydroxylation is 1. The van der Waals surface area contributed by atoms with Gasteiger partial charge >= 0.3 is 0 Å². The van der Waals surface area contributed by atoms with E-state index in [2.05, 4.69) is 5.32 Å². The average molecular weight is 387 g/mol. The molecule has 0 aromatic heterocycles. The molecule has 0 fully saturated rings. The molecule has 2 aromatic rings. The number of carbonyl (C=O) groups excluding carboxylic acids is 1. The normalized spacial score (nSPS) is 14.0. The maximum atomic E-state index is 12.6. The van der Waals surface area contributed by atoms with Gasteiger partial charge in [0, 0.05) is 11.1 Å². The number of alkyl halides is 3. The van der Waals surface area contributed by atoms with Crippen molar-refractivity contribution in [3.63, 3.8) is 0 Å². The van der Waals surface area contributed by atoms with Crippen LogP contribution in [0, 0.1) is 6.92 Å². The molecule has 2 atom stereocenters. The number of hydrogen-bond acceptors (Lipinski definition) is 1. The van der Waals surface area contributed by atoms with Crippen molar-refractivity contribution < 1.29 is 9.69 Å². The van der Waals surface area contributed by atoms with E-state index in [1.54, 1.807) is 6.07 Å². The smallest absolute Gasteiger partial charge is 0.262 e. The fourth-order valence-corrected chi connectivity index (χ4v) is 3.26. The van der Waals surface area contributed by atoms with Crippen LogP contribution in [0.1, 0.15) is 21.5 Å². The van der Waals surface area contributed by atoms with Crippen LogP contribution in [-0.4, -0.2) is 22.9 Å². The van der Waals surface area contributed by atoms with Gasteiger partial charge in [-0.15, -0.1) is 0 Å². The number of halogens is 3. The van der Waals surface area contributed by atoms with Gasteiger partial charge in [0.05, 0.1) is 7.05 Å². The molecule has 0 aliphatic heterocycles. The first-order valence-electron chi connectivity index (χ1n) is 7.58. The van der Waals surface area contributed by atoms with E-state index < -0.39 is 9.96 Å². The van der Waals surface area contributed by atoms with Crippen LogP contribution < -0.4 is 10.2 Å². The lowest BCUT2D eigenvalue weighted by atomic mass is 10.1. The van der Waals surface area contributed by atoms with E-state index in [1.807, 2.05) is 62.5 Å². The van der Waals surface area contributed by atoms with Crippen LogP contribution in [-0.2, 0) is 6.54 Å². The topological polar surface area (TPSA) is 33.5 Å². The molecule has 0 bridgehead atoms. The van der Waals surface area contributed by atoms with E-state index >= 15 is 0 Å². The highest BCUT2D eigenvalue weighted by atomic mass is 35.6. The molecule has 2 rings (SSSR count). The van der Waals surface area contributed by atoms with Crippen molar-refractivity contribution in [1.82, 2.24) is 5.32 Å². The summed E-state index contributed by atoms with van der Waals surface area (Å²) < 4.78 is -1.63. The molecule has 2 aromatic carbocycles. The van der Waals surface area contributed by atoms with E-state index in [0.29, 0.717) is 12.1 Å². The van der Waals surface area contributed by atoms with Gasteiger partial charge in [-0.3, -0.25) is 10.1 Å². The Morgan fingerprint density at radius 1 is 1.08 bits per heavy atom. The van der Waals surface area contributed by atoms with Crippen LogP contribution in [0.2, 0.25) is 0 Å². The van der Waals surface area contributed by atoms with Gasteiger partial charge in [0.1, 0.15) is 6.54 Å². The lowest BCUT2D eigenvalue weighted by Crippen LogP contribution is -3.15. The molecule has 0 saturated carbocycles. The summed E-state index contributed by atoms with van der Waals surface area (Å²) in [6.45, 7) is 2.49. The zero-order chi connectivity index (χ0) is 17.7. The molecule has 2 N–H and O–H groups in total. The number of nitrogens with one attached hydrogen (secondary N) is 2. The highest BCUT2D eigenvalue weighted by Crippen LogP contribution is 2.28. The van der Waals surface area contributed by atoms with Gasteiger partial charge in [0.25, 0.3) is 9.70 Å². The van der Waals surface area contributed by atoms with Crippen molar-refractivity contribution in [3.05, 3.63) is 71.3 Å². The third-order valence-corrected chi connectivity index (χ3v) is 4.47. The maximum Gasteiger partial charge on any atom is 0.262 e. The second-order valence-electron chi connectivity index (χ2n) is 5.77. The highest BCUT2D eigenvalue weighted by Gasteiger charge is 2.41. The number of amides is 1. The van der Waals surface area contributed by atoms with Crippen molar-refractivity contribution in [2.75, 3.05) is 7.05 Å². The summed E-state index contributed by atoms with van der Waals surface area (Å²) in [5.74, 6) is -0.253. The molecule has 1 amide bonds. The van der Waals surface area contributed by atoms with Crippen LogP contribution in [0.4, 0.5) is 0 Å². The fraction of sp³-hybridized carbons (Fsp3) is 0.278. The van der Waals surface area contributed by atoms with E-state index in [0.717, 1.165) is 16.0 Å². The van der Waals surface area contributed by atoms with Crippen molar-refractivity contribution >= 4 is 40.7 Å². The van der Waals surface area contributed by atoms with Gasteiger partial charge in [0.15, 0.2) is 0 Å². The number of quaternary nitrogens is 1. The van der Waals surface area contributed by atoms with Gasteiger partial charge in [-0.05, 0) is 18.6 Å².